The Morgan fingerprint density at radius 2 is 1.70 bits per heavy atom. The van der Waals surface area contributed by atoms with Gasteiger partial charge in [-0.05, 0) is 18.4 Å². The molecule has 0 radical (unpaired) electrons. The quantitative estimate of drug-likeness (QED) is 0.799. The summed E-state index contributed by atoms with van der Waals surface area (Å²) in [5.74, 6) is 0.445. The molecule has 1 unspecified atom stereocenters. The van der Waals surface area contributed by atoms with Gasteiger partial charge in [0.05, 0.1) is 6.04 Å². The van der Waals surface area contributed by atoms with Crippen molar-refractivity contribution >= 4 is 21.8 Å². The monoisotopic (exact) mass is 337 g/mol. The van der Waals surface area contributed by atoms with Crippen LogP contribution in [0.5, 0.6) is 0 Å². The highest BCUT2D eigenvalue weighted by Gasteiger charge is 2.22. The Morgan fingerprint density at radius 1 is 1.10 bits per heavy atom. The largest absolute Gasteiger partial charge is 0.348 e. The highest BCUT2D eigenvalue weighted by atomic mass is 79.9. The lowest BCUT2D eigenvalue weighted by Crippen LogP contribution is -2.35. The van der Waals surface area contributed by atoms with Gasteiger partial charge in [-0.1, -0.05) is 78.4 Å². The van der Waals surface area contributed by atoms with Crippen molar-refractivity contribution in [2.45, 2.75) is 51.0 Å². The molecule has 0 aliphatic heterocycles. The van der Waals surface area contributed by atoms with Crippen molar-refractivity contribution in [3.63, 3.8) is 0 Å². The van der Waals surface area contributed by atoms with Crippen molar-refractivity contribution < 1.29 is 4.79 Å². The molecule has 1 aliphatic rings. The summed E-state index contributed by atoms with van der Waals surface area (Å²) in [6.45, 7) is 0. The van der Waals surface area contributed by atoms with Crippen LogP contribution < -0.4 is 5.32 Å². The number of halogens is 1. The lowest BCUT2D eigenvalue weighted by molar-refractivity contribution is -0.126. The molecule has 20 heavy (non-hydrogen) atoms. The van der Waals surface area contributed by atoms with E-state index in [1.54, 1.807) is 0 Å². The molecule has 3 heteroatoms. The number of alkyl halides is 1. The summed E-state index contributed by atoms with van der Waals surface area (Å²) in [5.41, 5.74) is 1.17. The molecule has 1 saturated carbocycles. The maximum absolute atomic E-state index is 12.5. The van der Waals surface area contributed by atoms with Gasteiger partial charge in [0.15, 0.2) is 0 Å². The summed E-state index contributed by atoms with van der Waals surface area (Å²) in [4.78, 5) is 12.5. The summed E-state index contributed by atoms with van der Waals surface area (Å²) in [6, 6.07) is 10.3. The summed E-state index contributed by atoms with van der Waals surface area (Å²) in [5, 5.41) is 3.97. The van der Waals surface area contributed by atoms with Crippen molar-refractivity contribution in [1.29, 1.82) is 0 Å². The van der Waals surface area contributed by atoms with Crippen LogP contribution in [0, 0.1) is 5.92 Å². The Morgan fingerprint density at radius 3 is 2.30 bits per heavy atom. The van der Waals surface area contributed by atoms with Crippen LogP contribution in [0.4, 0.5) is 0 Å². The second-order valence-electron chi connectivity index (χ2n) is 5.67. The lowest BCUT2D eigenvalue weighted by atomic mass is 9.90. The van der Waals surface area contributed by atoms with Gasteiger partial charge in [0.2, 0.25) is 5.91 Å². The van der Waals surface area contributed by atoms with E-state index in [1.165, 1.54) is 37.7 Å². The number of hydrogen-bond acceptors (Lipinski definition) is 1. The molecular formula is C17H24BrNO. The molecule has 1 aromatic rings. The Bertz CT molecular complexity index is 399. The van der Waals surface area contributed by atoms with E-state index in [9.17, 15) is 4.79 Å². The minimum Gasteiger partial charge on any atom is -0.348 e. The molecule has 0 heterocycles. The van der Waals surface area contributed by atoms with Gasteiger partial charge in [-0.25, -0.2) is 0 Å². The van der Waals surface area contributed by atoms with Gasteiger partial charge < -0.3 is 5.32 Å². The maximum atomic E-state index is 12.5. The third kappa shape index (κ3) is 4.62. The first kappa shape index (κ1) is 15.6. The molecule has 1 aliphatic carbocycles. The zero-order chi connectivity index (χ0) is 14.2. The first-order valence-corrected chi connectivity index (χ1v) is 8.84. The average molecular weight is 338 g/mol. The maximum Gasteiger partial charge on any atom is 0.223 e. The van der Waals surface area contributed by atoms with E-state index in [0.29, 0.717) is 0 Å². The highest BCUT2D eigenvalue weighted by molar-refractivity contribution is 9.09. The molecule has 1 fully saturated rings. The second-order valence-corrected chi connectivity index (χ2v) is 6.32. The van der Waals surface area contributed by atoms with E-state index in [0.717, 1.165) is 18.2 Å². The summed E-state index contributed by atoms with van der Waals surface area (Å²) in [6.07, 6.45) is 8.40. The van der Waals surface area contributed by atoms with E-state index in [1.807, 2.05) is 18.2 Å². The minimum absolute atomic E-state index is 0.0779. The van der Waals surface area contributed by atoms with Crippen LogP contribution in [0.25, 0.3) is 0 Å². The van der Waals surface area contributed by atoms with Gasteiger partial charge in [-0.2, -0.15) is 0 Å². The van der Waals surface area contributed by atoms with Crippen molar-refractivity contribution in [2.75, 3.05) is 5.33 Å². The van der Waals surface area contributed by atoms with Gasteiger partial charge in [0.25, 0.3) is 0 Å². The van der Waals surface area contributed by atoms with Crippen molar-refractivity contribution in [2.24, 2.45) is 5.92 Å². The Labute approximate surface area is 130 Å². The van der Waals surface area contributed by atoms with E-state index in [4.69, 9.17) is 0 Å². The SMILES string of the molecule is O=C(NC(CBr)c1ccccc1)C1CCCCCCC1. The fraction of sp³-hybridized carbons (Fsp3) is 0.588. The average Bonchev–Trinajstić information content (AvgIpc) is 2.45. The van der Waals surface area contributed by atoms with Gasteiger partial charge in [-0.15, -0.1) is 0 Å². The van der Waals surface area contributed by atoms with Gasteiger partial charge in [0.1, 0.15) is 0 Å². The molecule has 2 nitrogen and oxygen atoms in total. The van der Waals surface area contributed by atoms with E-state index in [-0.39, 0.29) is 17.9 Å². The van der Waals surface area contributed by atoms with Crippen LogP contribution in [0.1, 0.15) is 56.6 Å². The van der Waals surface area contributed by atoms with Crippen LogP contribution in [0.15, 0.2) is 30.3 Å². The number of nitrogens with one attached hydrogen (secondary N) is 1. The molecule has 0 bridgehead atoms. The van der Waals surface area contributed by atoms with Crippen molar-refractivity contribution in [1.82, 2.24) is 5.32 Å². The first-order valence-electron chi connectivity index (χ1n) is 7.72. The lowest BCUT2D eigenvalue weighted by Gasteiger charge is -2.23. The number of amides is 1. The molecule has 1 atom stereocenters. The van der Waals surface area contributed by atoms with Gasteiger partial charge >= 0.3 is 0 Å². The van der Waals surface area contributed by atoms with Crippen LogP contribution >= 0.6 is 15.9 Å². The third-order valence-corrected chi connectivity index (χ3v) is 4.80. The van der Waals surface area contributed by atoms with Gasteiger partial charge in [-0.3, -0.25) is 4.79 Å². The normalized spacial score (nSPS) is 18.9. The fourth-order valence-electron chi connectivity index (χ4n) is 2.90. The molecule has 0 spiro atoms. The minimum atomic E-state index is 0.0779. The number of carbonyl (C=O) groups is 1. The predicted molar refractivity (Wildman–Crippen MR) is 86.9 cm³/mol. The first-order chi connectivity index (χ1) is 9.81. The number of hydrogen-bond donors (Lipinski definition) is 1. The smallest absolute Gasteiger partial charge is 0.223 e. The summed E-state index contributed by atoms with van der Waals surface area (Å²) in [7, 11) is 0. The molecule has 1 amide bonds. The second kappa shape index (κ2) is 8.46. The summed E-state index contributed by atoms with van der Waals surface area (Å²) >= 11 is 3.52. The molecule has 0 aromatic heterocycles. The Balaban J connectivity index is 1.94. The topological polar surface area (TPSA) is 29.1 Å². The third-order valence-electron chi connectivity index (χ3n) is 4.15. The fourth-order valence-corrected chi connectivity index (χ4v) is 3.44. The standard InChI is InChI=1S/C17H24BrNO/c18-13-16(14-9-7-4-8-10-14)19-17(20)15-11-5-2-1-3-6-12-15/h4,7-10,15-16H,1-3,5-6,11-13H2,(H,19,20). The predicted octanol–water partition coefficient (Wildman–Crippen LogP) is 4.60. The van der Waals surface area contributed by atoms with Crippen LogP contribution in [-0.2, 0) is 4.79 Å². The molecule has 110 valence electrons. The Kier molecular flexibility index (Phi) is 6.58. The zero-order valence-corrected chi connectivity index (χ0v) is 13.6. The molecule has 2 rings (SSSR count). The number of rotatable bonds is 4. The number of carbonyl (C=O) groups excluding carboxylic acids is 1. The van der Waals surface area contributed by atoms with Crippen LogP contribution in [-0.4, -0.2) is 11.2 Å². The van der Waals surface area contributed by atoms with E-state index in [2.05, 4.69) is 33.4 Å². The Hall–Kier alpha value is -0.830. The van der Waals surface area contributed by atoms with E-state index < -0.39 is 0 Å². The van der Waals surface area contributed by atoms with Crippen LogP contribution in [0.2, 0.25) is 0 Å². The molecule has 1 N–H and O–H groups in total. The molecule has 0 saturated heterocycles. The van der Waals surface area contributed by atoms with Crippen molar-refractivity contribution in [3.05, 3.63) is 35.9 Å². The molecular weight excluding hydrogens is 314 g/mol. The molecule has 1 aromatic carbocycles. The van der Waals surface area contributed by atoms with E-state index >= 15 is 0 Å². The van der Waals surface area contributed by atoms with Crippen LogP contribution in [0.3, 0.4) is 0 Å². The number of benzene rings is 1. The highest BCUT2D eigenvalue weighted by Crippen LogP contribution is 2.24. The van der Waals surface area contributed by atoms with Crippen molar-refractivity contribution in [3.8, 4) is 0 Å². The zero-order valence-electron chi connectivity index (χ0n) is 12.0. The van der Waals surface area contributed by atoms with Gasteiger partial charge in [0, 0.05) is 11.2 Å². The summed E-state index contributed by atoms with van der Waals surface area (Å²) < 4.78 is 0.